The number of amides is 4. The summed E-state index contributed by atoms with van der Waals surface area (Å²) in [5.41, 5.74) is 1.79. The molecule has 4 amide bonds. The molecular formula is C25H19ClFN3O4. The molecule has 34 heavy (non-hydrogen) atoms. The molecule has 0 aliphatic carbocycles. The Morgan fingerprint density at radius 2 is 1.74 bits per heavy atom. The summed E-state index contributed by atoms with van der Waals surface area (Å²) in [5, 5.41) is 5.74. The second-order valence-corrected chi connectivity index (χ2v) is 7.82. The van der Waals surface area contributed by atoms with E-state index >= 15 is 0 Å². The maximum Gasteiger partial charge on any atom is 0.329 e. The van der Waals surface area contributed by atoms with Crippen molar-refractivity contribution >= 4 is 41.2 Å². The van der Waals surface area contributed by atoms with E-state index in [1.807, 2.05) is 0 Å². The van der Waals surface area contributed by atoms with Crippen molar-refractivity contribution in [2.75, 3.05) is 11.9 Å². The van der Waals surface area contributed by atoms with E-state index in [1.54, 1.807) is 48.5 Å². The second kappa shape index (κ2) is 10.2. The van der Waals surface area contributed by atoms with Gasteiger partial charge in [-0.25, -0.2) is 9.18 Å². The molecule has 0 bridgehead atoms. The van der Waals surface area contributed by atoms with Crippen LogP contribution in [-0.2, 0) is 16.1 Å². The molecule has 0 spiro atoms. The topological polar surface area (TPSA) is 87.7 Å². The number of nitrogens with zero attached hydrogens (tertiary/aromatic N) is 1. The lowest BCUT2D eigenvalue weighted by atomic mass is 10.1. The first kappa shape index (κ1) is 23.0. The van der Waals surface area contributed by atoms with Gasteiger partial charge in [-0.15, -0.1) is 0 Å². The molecule has 1 aliphatic rings. The van der Waals surface area contributed by atoms with Crippen LogP contribution in [0.4, 0.5) is 14.9 Å². The van der Waals surface area contributed by atoms with Gasteiger partial charge in [-0.1, -0.05) is 41.9 Å². The predicted molar refractivity (Wildman–Crippen MR) is 125 cm³/mol. The zero-order valence-corrected chi connectivity index (χ0v) is 18.5. The van der Waals surface area contributed by atoms with Crippen molar-refractivity contribution in [2.45, 2.75) is 6.54 Å². The third-order valence-corrected chi connectivity index (χ3v) is 5.17. The van der Waals surface area contributed by atoms with Gasteiger partial charge in [-0.2, -0.15) is 0 Å². The number of carbonyl (C=O) groups excluding carboxylic acids is 3. The molecule has 9 heteroatoms. The second-order valence-electron chi connectivity index (χ2n) is 7.39. The van der Waals surface area contributed by atoms with Crippen LogP contribution in [-0.4, -0.2) is 29.4 Å². The van der Waals surface area contributed by atoms with E-state index in [9.17, 15) is 18.8 Å². The van der Waals surface area contributed by atoms with Gasteiger partial charge in [0.25, 0.3) is 11.8 Å². The smallest absolute Gasteiger partial charge is 0.329 e. The standard InChI is InChI=1S/C25H19ClFN3O4/c26-18-7-5-16(6-8-18)14-30-24(32)21(29-25(30)33)13-17-3-1-2-4-22(17)34-15-23(31)28-20-11-9-19(27)10-12-20/h1-13H,14-15H2,(H,28,31)(H,29,33)/b21-13-. The normalized spacial score (nSPS) is 14.3. The fourth-order valence-electron chi connectivity index (χ4n) is 3.25. The van der Waals surface area contributed by atoms with Crippen molar-refractivity contribution < 1.29 is 23.5 Å². The summed E-state index contributed by atoms with van der Waals surface area (Å²) in [6.07, 6.45) is 1.50. The van der Waals surface area contributed by atoms with Crippen molar-refractivity contribution in [3.05, 3.63) is 100 Å². The van der Waals surface area contributed by atoms with Gasteiger partial charge in [0.05, 0.1) is 6.54 Å². The van der Waals surface area contributed by atoms with Gasteiger partial charge in [-0.05, 0) is 54.1 Å². The Morgan fingerprint density at radius 1 is 1.03 bits per heavy atom. The number of ether oxygens (including phenoxy) is 1. The highest BCUT2D eigenvalue weighted by Gasteiger charge is 2.33. The monoisotopic (exact) mass is 479 g/mol. The lowest BCUT2D eigenvalue weighted by molar-refractivity contribution is -0.123. The number of hydrogen-bond acceptors (Lipinski definition) is 4. The maximum absolute atomic E-state index is 13.0. The maximum atomic E-state index is 13.0. The highest BCUT2D eigenvalue weighted by Crippen LogP contribution is 2.24. The van der Waals surface area contributed by atoms with Crippen molar-refractivity contribution in [1.29, 1.82) is 0 Å². The minimum Gasteiger partial charge on any atom is -0.483 e. The predicted octanol–water partition coefficient (Wildman–Crippen LogP) is 4.59. The molecule has 4 rings (SSSR count). The number of anilines is 1. The Hall–Kier alpha value is -4.17. The van der Waals surface area contributed by atoms with Gasteiger partial charge < -0.3 is 15.4 Å². The van der Waals surface area contributed by atoms with E-state index in [0.29, 0.717) is 22.0 Å². The molecular weight excluding hydrogens is 461 g/mol. The van der Waals surface area contributed by atoms with Crippen LogP contribution in [0.15, 0.2) is 78.5 Å². The Bertz CT molecular complexity index is 1260. The molecule has 2 N–H and O–H groups in total. The first-order valence-corrected chi connectivity index (χ1v) is 10.6. The molecule has 7 nitrogen and oxygen atoms in total. The summed E-state index contributed by atoms with van der Waals surface area (Å²) in [4.78, 5) is 38.5. The summed E-state index contributed by atoms with van der Waals surface area (Å²) in [6.45, 7) is -0.207. The van der Waals surface area contributed by atoms with Crippen LogP contribution in [0.25, 0.3) is 6.08 Å². The number of carbonyl (C=O) groups is 3. The van der Waals surface area contributed by atoms with Gasteiger partial charge in [0.2, 0.25) is 0 Å². The molecule has 0 atom stereocenters. The lowest BCUT2D eigenvalue weighted by Gasteiger charge is -2.12. The van der Waals surface area contributed by atoms with E-state index in [2.05, 4.69) is 10.6 Å². The molecule has 0 radical (unpaired) electrons. The fourth-order valence-corrected chi connectivity index (χ4v) is 3.37. The number of nitrogens with one attached hydrogen (secondary N) is 2. The fraction of sp³-hybridized carbons (Fsp3) is 0.0800. The lowest BCUT2D eigenvalue weighted by Crippen LogP contribution is -2.30. The number of benzene rings is 3. The number of hydrogen-bond donors (Lipinski definition) is 2. The van der Waals surface area contributed by atoms with Gasteiger partial charge in [0, 0.05) is 16.3 Å². The number of rotatable bonds is 7. The van der Waals surface area contributed by atoms with Crippen LogP contribution < -0.4 is 15.4 Å². The Kier molecular flexibility index (Phi) is 6.89. The average molecular weight is 480 g/mol. The molecule has 0 unspecified atom stereocenters. The van der Waals surface area contributed by atoms with Gasteiger partial charge in [0.1, 0.15) is 17.3 Å². The average Bonchev–Trinajstić information content (AvgIpc) is 3.08. The molecule has 1 heterocycles. The van der Waals surface area contributed by atoms with Crippen molar-refractivity contribution in [3.8, 4) is 5.75 Å². The Labute approximate surface area is 199 Å². The molecule has 0 saturated carbocycles. The highest BCUT2D eigenvalue weighted by atomic mass is 35.5. The van der Waals surface area contributed by atoms with E-state index in [0.717, 1.165) is 10.5 Å². The van der Waals surface area contributed by atoms with Crippen molar-refractivity contribution in [1.82, 2.24) is 10.2 Å². The Morgan fingerprint density at radius 3 is 2.47 bits per heavy atom. The Balaban J connectivity index is 1.43. The third-order valence-electron chi connectivity index (χ3n) is 4.92. The first-order chi connectivity index (χ1) is 16.4. The zero-order chi connectivity index (χ0) is 24.1. The summed E-state index contributed by atoms with van der Waals surface area (Å²) < 4.78 is 18.6. The van der Waals surface area contributed by atoms with E-state index in [-0.39, 0.29) is 18.8 Å². The zero-order valence-electron chi connectivity index (χ0n) is 17.8. The molecule has 172 valence electrons. The molecule has 1 fully saturated rings. The van der Waals surface area contributed by atoms with E-state index < -0.39 is 23.7 Å². The first-order valence-electron chi connectivity index (χ1n) is 10.3. The molecule has 3 aromatic rings. The largest absolute Gasteiger partial charge is 0.483 e. The van der Waals surface area contributed by atoms with E-state index in [4.69, 9.17) is 16.3 Å². The number of imide groups is 1. The van der Waals surface area contributed by atoms with Crippen LogP contribution in [0.3, 0.4) is 0 Å². The quantitative estimate of drug-likeness (QED) is 0.383. The van der Waals surface area contributed by atoms with Crippen LogP contribution in [0.5, 0.6) is 5.75 Å². The van der Waals surface area contributed by atoms with Crippen molar-refractivity contribution in [2.24, 2.45) is 0 Å². The van der Waals surface area contributed by atoms with Crippen LogP contribution >= 0.6 is 11.6 Å². The van der Waals surface area contributed by atoms with Crippen LogP contribution in [0.1, 0.15) is 11.1 Å². The third kappa shape index (κ3) is 5.60. The summed E-state index contributed by atoms with van der Waals surface area (Å²) >= 11 is 5.89. The van der Waals surface area contributed by atoms with Crippen molar-refractivity contribution in [3.63, 3.8) is 0 Å². The molecule has 0 aromatic heterocycles. The summed E-state index contributed by atoms with van der Waals surface area (Å²) in [6, 6.07) is 18.5. The number of para-hydroxylation sites is 1. The van der Waals surface area contributed by atoms with Gasteiger partial charge in [0.15, 0.2) is 6.61 Å². The minimum absolute atomic E-state index is 0.0887. The van der Waals surface area contributed by atoms with Gasteiger partial charge >= 0.3 is 6.03 Å². The SMILES string of the molecule is O=C(COc1ccccc1/C=C1\NC(=O)N(Cc2ccc(Cl)cc2)C1=O)Nc1ccc(F)cc1. The highest BCUT2D eigenvalue weighted by molar-refractivity contribution is 6.30. The number of urea groups is 1. The molecule has 1 aliphatic heterocycles. The van der Waals surface area contributed by atoms with E-state index in [1.165, 1.54) is 30.3 Å². The summed E-state index contributed by atoms with van der Waals surface area (Å²) in [5.74, 6) is -0.976. The molecule has 1 saturated heterocycles. The van der Waals surface area contributed by atoms with Crippen LogP contribution in [0, 0.1) is 5.82 Å². The minimum atomic E-state index is -0.539. The van der Waals surface area contributed by atoms with Gasteiger partial charge in [-0.3, -0.25) is 14.5 Å². The van der Waals surface area contributed by atoms with Crippen LogP contribution in [0.2, 0.25) is 5.02 Å². The summed E-state index contributed by atoms with van der Waals surface area (Å²) in [7, 11) is 0. The molecule has 3 aromatic carbocycles. The number of halogens is 2.